The SMILES string of the molecule is C[C@@H]1CN(Cc2ccccc2)[C@@H](CN2C3CCC2COC3)CN1C(=O)OC(C)(C)C. The van der Waals surface area contributed by atoms with E-state index >= 15 is 0 Å². The number of nitrogens with zero attached hydrogens (tertiary/aromatic N) is 3. The zero-order chi connectivity index (χ0) is 21.3. The Labute approximate surface area is 181 Å². The van der Waals surface area contributed by atoms with Crippen LogP contribution in [0, 0.1) is 0 Å². The molecule has 2 bridgehead atoms. The smallest absolute Gasteiger partial charge is 0.410 e. The zero-order valence-electron chi connectivity index (χ0n) is 18.9. The van der Waals surface area contributed by atoms with Crippen LogP contribution in [0.4, 0.5) is 4.79 Å². The molecule has 6 nitrogen and oxygen atoms in total. The molecular formula is C24H37N3O3. The summed E-state index contributed by atoms with van der Waals surface area (Å²) < 4.78 is 11.5. The highest BCUT2D eigenvalue weighted by molar-refractivity contribution is 5.68. The highest BCUT2D eigenvalue weighted by Gasteiger charge is 2.42. The van der Waals surface area contributed by atoms with Gasteiger partial charge in [-0.2, -0.15) is 0 Å². The Balaban J connectivity index is 1.51. The van der Waals surface area contributed by atoms with Gasteiger partial charge in [0.1, 0.15) is 5.60 Å². The molecule has 3 aliphatic rings. The van der Waals surface area contributed by atoms with Gasteiger partial charge in [-0.1, -0.05) is 30.3 Å². The van der Waals surface area contributed by atoms with E-state index in [4.69, 9.17) is 9.47 Å². The van der Waals surface area contributed by atoms with Crippen LogP contribution in [-0.2, 0) is 16.0 Å². The summed E-state index contributed by atoms with van der Waals surface area (Å²) in [6.45, 7) is 13.1. The number of carbonyl (C=O) groups is 1. The van der Waals surface area contributed by atoms with Gasteiger partial charge in [0.15, 0.2) is 0 Å². The average Bonchev–Trinajstić information content (AvgIpc) is 2.89. The number of carbonyl (C=O) groups excluding carboxylic acids is 1. The van der Waals surface area contributed by atoms with Crippen molar-refractivity contribution in [1.29, 1.82) is 0 Å². The van der Waals surface area contributed by atoms with Gasteiger partial charge in [0.2, 0.25) is 0 Å². The number of hydrogen-bond donors (Lipinski definition) is 0. The normalized spacial score (nSPS) is 30.5. The number of fused-ring (bicyclic) bond motifs is 2. The van der Waals surface area contributed by atoms with E-state index in [0.717, 1.165) is 32.8 Å². The summed E-state index contributed by atoms with van der Waals surface area (Å²) in [4.78, 5) is 20.1. The second kappa shape index (κ2) is 8.85. The summed E-state index contributed by atoms with van der Waals surface area (Å²) in [6, 6.07) is 12.1. The molecule has 0 saturated carbocycles. The molecule has 0 radical (unpaired) electrons. The van der Waals surface area contributed by atoms with Crippen LogP contribution in [0.15, 0.2) is 30.3 Å². The molecule has 3 heterocycles. The Bertz CT molecular complexity index is 704. The van der Waals surface area contributed by atoms with Crippen molar-refractivity contribution in [2.24, 2.45) is 0 Å². The molecule has 6 heteroatoms. The highest BCUT2D eigenvalue weighted by Crippen LogP contribution is 2.31. The zero-order valence-corrected chi connectivity index (χ0v) is 18.9. The number of hydrogen-bond acceptors (Lipinski definition) is 5. The van der Waals surface area contributed by atoms with E-state index in [1.807, 2.05) is 25.7 Å². The van der Waals surface area contributed by atoms with E-state index in [-0.39, 0.29) is 18.2 Å². The van der Waals surface area contributed by atoms with Gasteiger partial charge in [-0.3, -0.25) is 9.80 Å². The Morgan fingerprint density at radius 2 is 1.77 bits per heavy atom. The van der Waals surface area contributed by atoms with E-state index in [1.165, 1.54) is 18.4 Å². The van der Waals surface area contributed by atoms with Gasteiger partial charge in [0.05, 0.1) is 13.2 Å². The lowest BCUT2D eigenvalue weighted by Crippen LogP contribution is -2.63. The lowest BCUT2D eigenvalue weighted by Gasteiger charge is -2.48. The van der Waals surface area contributed by atoms with Gasteiger partial charge in [-0.15, -0.1) is 0 Å². The summed E-state index contributed by atoms with van der Waals surface area (Å²) in [7, 11) is 0. The maximum absolute atomic E-state index is 12.9. The van der Waals surface area contributed by atoms with Crippen LogP contribution in [0.5, 0.6) is 0 Å². The van der Waals surface area contributed by atoms with Crippen LogP contribution in [0.2, 0.25) is 0 Å². The molecule has 3 fully saturated rings. The number of ether oxygens (including phenoxy) is 2. The van der Waals surface area contributed by atoms with Crippen LogP contribution >= 0.6 is 0 Å². The van der Waals surface area contributed by atoms with E-state index in [9.17, 15) is 4.79 Å². The summed E-state index contributed by atoms with van der Waals surface area (Å²) in [5.41, 5.74) is 0.849. The average molecular weight is 416 g/mol. The lowest BCUT2D eigenvalue weighted by atomic mass is 10.0. The van der Waals surface area contributed by atoms with Crippen molar-refractivity contribution < 1.29 is 14.3 Å². The molecule has 3 aliphatic heterocycles. The Morgan fingerprint density at radius 1 is 1.10 bits per heavy atom. The molecule has 0 aliphatic carbocycles. The van der Waals surface area contributed by atoms with Crippen LogP contribution in [0.1, 0.15) is 46.1 Å². The second-order valence-corrected chi connectivity index (χ2v) is 10.2. The van der Waals surface area contributed by atoms with E-state index in [0.29, 0.717) is 18.6 Å². The predicted octanol–water partition coefficient (Wildman–Crippen LogP) is 3.36. The molecule has 1 aromatic carbocycles. The molecule has 2 unspecified atom stereocenters. The van der Waals surface area contributed by atoms with Crippen LogP contribution in [0.3, 0.4) is 0 Å². The van der Waals surface area contributed by atoms with Gasteiger partial charge in [0, 0.05) is 50.3 Å². The van der Waals surface area contributed by atoms with Crippen LogP contribution < -0.4 is 0 Å². The highest BCUT2D eigenvalue weighted by atomic mass is 16.6. The minimum atomic E-state index is -0.475. The first-order valence-corrected chi connectivity index (χ1v) is 11.4. The van der Waals surface area contributed by atoms with Crippen molar-refractivity contribution in [3.05, 3.63) is 35.9 Å². The molecule has 0 spiro atoms. The van der Waals surface area contributed by atoms with Crippen LogP contribution in [0.25, 0.3) is 0 Å². The van der Waals surface area contributed by atoms with Crippen molar-refractivity contribution >= 4 is 6.09 Å². The number of piperazine rings is 1. The number of rotatable bonds is 4. The topological polar surface area (TPSA) is 45.2 Å². The van der Waals surface area contributed by atoms with Crippen molar-refractivity contribution in [1.82, 2.24) is 14.7 Å². The predicted molar refractivity (Wildman–Crippen MR) is 117 cm³/mol. The molecule has 0 aromatic heterocycles. The van der Waals surface area contributed by atoms with Gasteiger partial charge >= 0.3 is 6.09 Å². The number of amides is 1. The Hall–Kier alpha value is -1.63. The first kappa shape index (κ1) is 21.6. The molecule has 4 rings (SSSR count). The molecule has 1 amide bonds. The minimum Gasteiger partial charge on any atom is -0.444 e. The largest absolute Gasteiger partial charge is 0.444 e. The molecule has 4 atom stereocenters. The third kappa shape index (κ3) is 4.98. The van der Waals surface area contributed by atoms with Gasteiger partial charge in [-0.05, 0) is 46.1 Å². The summed E-state index contributed by atoms with van der Waals surface area (Å²) >= 11 is 0. The molecular weight excluding hydrogens is 378 g/mol. The molecule has 30 heavy (non-hydrogen) atoms. The first-order valence-electron chi connectivity index (χ1n) is 11.4. The Kier molecular flexibility index (Phi) is 6.37. The van der Waals surface area contributed by atoms with Gasteiger partial charge in [0.25, 0.3) is 0 Å². The van der Waals surface area contributed by atoms with Gasteiger partial charge in [-0.25, -0.2) is 4.79 Å². The third-order valence-electron chi connectivity index (χ3n) is 6.62. The quantitative estimate of drug-likeness (QED) is 0.755. The summed E-state index contributed by atoms with van der Waals surface area (Å²) in [5, 5.41) is 0. The summed E-state index contributed by atoms with van der Waals surface area (Å²) in [6.07, 6.45) is 2.26. The number of morpholine rings is 1. The van der Waals surface area contributed by atoms with Crippen molar-refractivity contribution in [3.8, 4) is 0 Å². The van der Waals surface area contributed by atoms with E-state index < -0.39 is 5.60 Å². The summed E-state index contributed by atoms with van der Waals surface area (Å²) in [5.74, 6) is 0. The van der Waals surface area contributed by atoms with Crippen molar-refractivity contribution in [3.63, 3.8) is 0 Å². The number of benzene rings is 1. The third-order valence-corrected chi connectivity index (χ3v) is 6.62. The van der Waals surface area contributed by atoms with Crippen molar-refractivity contribution in [2.75, 3.05) is 32.8 Å². The lowest BCUT2D eigenvalue weighted by molar-refractivity contribution is -0.0498. The maximum Gasteiger partial charge on any atom is 0.410 e. The van der Waals surface area contributed by atoms with Crippen LogP contribution in [-0.4, -0.2) is 83.4 Å². The second-order valence-electron chi connectivity index (χ2n) is 10.2. The molecule has 3 saturated heterocycles. The molecule has 166 valence electrons. The fourth-order valence-electron chi connectivity index (χ4n) is 5.12. The maximum atomic E-state index is 12.9. The molecule has 1 aromatic rings. The molecule has 0 N–H and O–H groups in total. The first-order chi connectivity index (χ1) is 14.3. The monoisotopic (exact) mass is 415 g/mol. The Morgan fingerprint density at radius 3 is 2.40 bits per heavy atom. The van der Waals surface area contributed by atoms with Crippen molar-refractivity contribution in [2.45, 2.75) is 76.8 Å². The fraction of sp³-hybridized carbons (Fsp3) is 0.708. The fourth-order valence-corrected chi connectivity index (χ4v) is 5.12. The standard InChI is InChI=1S/C24H37N3O3/c1-18-12-25(13-19-8-6-5-7-9-19)22(14-26(18)23(28)30-24(2,3)4)15-27-20-10-11-21(27)17-29-16-20/h5-9,18,20-22H,10-17H2,1-4H3/t18-,20?,21?,22-/m1/s1. The van der Waals surface area contributed by atoms with Gasteiger partial charge < -0.3 is 14.4 Å². The van der Waals surface area contributed by atoms with E-state index in [1.54, 1.807) is 0 Å². The minimum absolute atomic E-state index is 0.126. The van der Waals surface area contributed by atoms with E-state index in [2.05, 4.69) is 47.1 Å².